The number of ether oxygens (including phenoxy) is 2. The first-order valence-electron chi connectivity index (χ1n) is 9.11. The van der Waals surface area contributed by atoms with E-state index in [1.807, 2.05) is 36.7 Å². The first-order chi connectivity index (χ1) is 12.4. The average molecular weight is 359 g/mol. The van der Waals surface area contributed by atoms with Gasteiger partial charge in [-0.15, -0.1) is 0 Å². The summed E-state index contributed by atoms with van der Waals surface area (Å²) in [6, 6.07) is 7.77. The standard InChI is InChI=1S/C20H29N3O3/c1-5-15-13-22-19(23-14-15)21-12-11-16-7-9-17(10-8-16)26-20(3,4)18(24)25-6-2/h7-10,13-14,19,21-22H,5-6,11-12H2,1-4H3. The molecule has 6 heteroatoms. The number of carbonyl (C=O) groups excluding carboxylic acids is 1. The number of rotatable bonds is 9. The van der Waals surface area contributed by atoms with Gasteiger partial charge in [-0.05, 0) is 56.9 Å². The number of hydrogen-bond donors (Lipinski definition) is 2. The Labute approximate surface area is 155 Å². The van der Waals surface area contributed by atoms with Crippen molar-refractivity contribution in [3.05, 3.63) is 41.6 Å². The molecule has 0 amide bonds. The van der Waals surface area contributed by atoms with Crippen LogP contribution >= 0.6 is 0 Å². The van der Waals surface area contributed by atoms with Crippen molar-refractivity contribution in [2.24, 2.45) is 4.99 Å². The third-order valence-corrected chi connectivity index (χ3v) is 4.04. The van der Waals surface area contributed by atoms with Crippen LogP contribution in [0.25, 0.3) is 0 Å². The molecule has 0 saturated heterocycles. The van der Waals surface area contributed by atoms with E-state index >= 15 is 0 Å². The molecule has 2 rings (SSSR count). The van der Waals surface area contributed by atoms with E-state index < -0.39 is 5.60 Å². The van der Waals surface area contributed by atoms with Gasteiger partial charge >= 0.3 is 5.97 Å². The highest BCUT2D eigenvalue weighted by atomic mass is 16.6. The molecular weight excluding hydrogens is 330 g/mol. The molecule has 1 atom stereocenters. The van der Waals surface area contributed by atoms with Crippen LogP contribution in [-0.4, -0.2) is 37.2 Å². The third kappa shape index (κ3) is 5.88. The smallest absolute Gasteiger partial charge is 0.349 e. The summed E-state index contributed by atoms with van der Waals surface area (Å²) in [6.45, 7) is 8.45. The highest BCUT2D eigenvalue weighted by Gasteiger charge is 2.31. The number of esters is 1. The fourth-order valence-corrected chi connectivity index (χ4v) is 2.46. The second kappa shape index (κ2) is 9.38. The van der Waals surface area contributed by atoms with E-state index in [9.17, 15) is 4.79 Å². The Balaban J connectivity index is 1.78. The molecule has 1 aromatic rings. The van der Waals surface area contributed by atoms with Gasteiger partial charge < -0.3 is 14.8 Å². The van der Waals surface area contributed by atoms with E-state index in [-0.39, 0.29) is 12.3 Å². The number of nitrogens with zero attached hydrogens (tertiary/aromatic N) is 1. The predicted octanol–water partition coefficient (Wildman–Crippen LogP) is 2.79. The maximum absolute atomic E-state index is 11.9. The van der Waals surface area contributed by atoms with Crippen LogP contribution in [0, 0.1) is 0 Å². The second-order valence-electron chi connectivity index (χ2n) is 6.60. The van der Waals surface area contributed by atoms with Crippen molar-refractivity contribution < 1.29 is 14.3 Å². The van der Waals surface area contributed by atoms with Crippen molar-refractivity contribution in [1.29, 1.82) is 0 Å². The minimum atomic E-state index is -1.01. The zero-order chi connectivity index (χ0) is 19.0. The molecule has 1 aliphatic heterocycles. The fraction of sp³-hybridized carbons (Fsp3) is 0.500. The fourth-order valence-electron chi connectivity index (χ4n) is 2.46. The first kappa shape index (κ1) is 20.0. The minimum absolute atomic E-state index is 0.0710. The number of nitrogens with one attached hydrogen (secondary N) is 2. The molecule has 0 aromatic heterocycles. The highest BCUT2D eigenvalue weighted by Crippen LogP contribution is 2.20. The lowest BCUT2D eigenvalue weighted by Crippen LogP contribution is -2.40. The lowest BCUT2D eigenvalue weighted by molar-refractivity contribution is -0.158. The summed E-state index contributed by atoms with van der Waals surface area (Å²) in [5.41, 5.74) is 1.38. The molecular formula is C20H29N3O3. The summed E-state index contributed by atoms with van der Waals surface area (Å²) in [4.78, 5) is 16.3. The molecule has 0 radical (unpaired) electrons. The third-order valence-electron chi connectivity index (χ3n) is 4.04. The molecule has 0 saturated carbocycles. The van der Waals surface area contributed by atoms with Crippen LogP contribution in [0.2, 0.25) is 0 Å². The van der Waals surface area contributed by atoms with E-state index in [1.165, 1.54) is 11.1 Å². The molecule has 1 unspecified atom stereocenters. The number of allylic oxidation sites excluding steroid dienone is 1. The summed E-state index contributed by atoms with van der Waals surface area (Å²) in [5, 5.41) is 6.58. The molecule has 1 aromatic carbocycles. The van der Waals surface area contributed by atoms with Gasteiger partial charge in [-0.25, -0.2) is 4.79 Å². The predicted molar refractivity (Wildman–Crippen MR) is 103 cm³/mol. The molecule has 1 heterocycles. The van der Waals surface area contributed by atoms with Crippen molar-refractivity contribution in [3.8, 4) is 5.75 Å². The summed E-state index contributed by atoms with van der Waals surface area (Å²) in [7, 11) is 0. The van der Waals surface area contributed by atoms with Gasteiger partial charge in [-0.3, -0.25) is 10.3 Å². The Morgan fingerprint density at radius 1 is 1.27 bits per heavy atom. The molecule has 1 aliphatic rings. The lowest BCUT2D eigenvalue weighted by atomic mass is 10.1. The van der Waals surface area contributed by atoms with E-state index in [0.717, 1.165) is 19.4 Å². The average Bonchev–Trinajstić information content (AvgIpc) is 2.64. The van der Waals surface area contributed by atoms with Crippen molar-refractivity contribution in [2.75, 3.05) is 13.2 Å². The van der Waals surface area contributed by atoms with E-state index in [4.69, 9.17) is 9.47 Å². The Morgan fingerprint density at radius 2 is 2.00 bits per heavy atom. The van der Waals surface area contributed by atoms with Crippen LogP contribution in [-0.2, 0) is 16.0 Å². The summed E-state index contributed by atoms with van der Waals surface area (Å²) < 4.78 is 10.8. The van der Waals surface area contributed by atoms with Gasteiger partial charge in [0, 0.05) is 19.0 Å². The number of hydrogen-bond acceptors (Lipinski definition) is 6. The largest absolute Gasteiger partial charge is 0.476 e. The Morgan fingerprint density at radius 3 is 2.58 bits per heavy atom. The van der Waals surface area contributed by atoms with Crippen LogP contribution in [0.4, 0.5) is 0 Å². The van der Waals surface area contributed by atoms with Crippen LogP contribution in [0.5, 0.6) is 5.75 Å². The van der Waals surface area contributed by atoms with Gasteiger partial charge in [-0.1, -0.05) is 19.1 Å². The summed E-state index contributed by atoms with van der Waals surface area (Å²) >= 11 is 0. The minimum Gasteiger partial charge on any atom is -0.476 e. The zero-order valence-corrected chi connectivity index (χ0v) is 16.0. The van der Waals surface area contributed by atoms with Crippen LogP contribution in [0.15, 0.2) is 41.0 Å². The molecule has 0 fully saturated rings. The maximum Gasteiger partial charge on any atom is 0.349 e. The Hall–Kier alpha value is -2.34. The number of aliphatic imine (C=N–C) groups is 1. The lowest BCUT2D eigenvalue weighted by Gasteiger charge is -2.24. The monoisotopic (exact) mass is 359 g/mol. The number of carbonyl (C=O) groups is 1. The van der Waals surface area contributed by atoms with E-state index in [1.54, 1.807) is 20.8 Å². The van der Waals surface area contributed by atoms with Crippen LogP contribution < -0.4 is 15.4 Å². The Kier molecular flexibility index (Phi) is 7.21. The van der Waals surface area contributed by atoms with Crippen molar-refractivity contribution >= 4 is 12.2 Å². The van der Waals surface area contributed by atoms with E-state index in [0.29, 0.717) is 12.4 Å². The summed E-state index contributed by atoms with van der Waals surface area (Å²) in [5.74, 6) is 0.282. The Bertz CT molecular complexity index is 651. The van der Waals surface area contributed by atoms with Gasteiger partial charge in [0.15, 0.2) is 11.9 Å². The van der Waals surface area contributed by atoms with Gasteiger partial charge in [0.2, 0.25) is 0 Å². The SMILES string of the molecule is CCOC(=O)C(C)(C)Oc1ccc(CCNC2N=CC(CC)=CN2)cc1. The normalized spacial score (nSPS) is 16.6. The molecule has 0 bridgehead atoms. The molecule has 26 heavy (non-hydrogen) atoms. The molecule has 6 nitrogen and oxygen atoms in total. The maximum atomic E-state index is 11.9. The van der Waals surface area contributed by atoms with E-state index in [2.05, 4.69) is 22.5 Å². The molecule has 2 N–H and O–H groups in total. The quantitative estimate of drug-likeness (QED) is 0.664. The second-order valence-corrected chi connectivity index (χ2v) is 6.60. The zero-order valence-electron chi connectivity index (χ0n) is 16.0. The van der Waals surface area contributed by atoms with Crippen molar-refractivity contribution in [2.45, 2.75) is 52.4 Å². The molecule has 0 spiro atoms. The van der Waals surface area contributed by atoms with Gasteiger partial charge in [-0.2, -0.15) is 0 Å². The number of benzene rings is 1. The van der Waals surface area contributed by atoms with Crippen LogP contribution in [0.1, 0.15) is 39.7 Å². The van der Waals surface area contributed by atoms with Gasteiger partial charge in [0.05, 0.1) is 6.61 Å². The first-order valence-corrected chi connectivity index (χ1v) is 9.11. The van der Waals surface area contributed by atoms with Gasteiger partial charge in [0.25, 0.3) is 0 Å². The topological polar surface area (TPSA) is 72.0 Å². The molecule has 142 valence electrons. The summed E-state index contributed by atoms with van der Waals surface area (Å²) in [6.07, 6.45) is 5.69. The van der Waals surface area contributed by atoms with Gasteiger partial charge in [0.1, 0.15) is 5.75 Å². The van der Waals surface area contributed by atoms with Crippen LogP contribution in [0.3, 0.4) is 0 Å². The molecule has 0 aliphatic carbocycles. The van der Waals surface area contributed by atoms with Crippen molar-refractivity contribution in [1.82, 2.24) is 10.6 Å². The highest BCUT2D eigenvalue weighted by molar-refractivity contribution is 5.79. The van der Waals surface area contributed by atoms with Crippen molar-refractivity contribution in [3.63, 3.8) is 0 Å².